The van der Waals surface area contributed by atoms with Crippen molar-refractivity contribution in [2.75, 3.05) is 5.73 Å². The molecule has 3 aromatic rings. The SMILES string of the molecule is Cc1ccc(-c2nc(C(C)(C)C)ccc2C(=O)NS(=O)(=O)c2ccc(N)cc2)cc1. The topological polar surface area (TPSA) is 102 Å². The monoisotopic (exact) mass is 423 g/mol. The number of carbonyl (C=O) groups is 1. The number of anilines is 1. The number of aromatic nitrogens is 1. The molecule has 2 aromatic carbocycles. The second kappa shape index (κ2) is 7.91. The first-order valence-electron chi connectivity index (χ1n) is 9.49. The minimum Gasteiger partial charge on any atom is -0.399 e. The lowest BCUT2D eigenvalue weighted by Crippen LogP contribution is -2.31. The Hall–Kier alpha value is -3.19. The number of rotatable bonds is 4. The van der Waals surface area contributed by atoms with E-state index in [9.17, 15) is 13.2 Å². The summed E-state index contributed by atoms with van der Waals surface area (Å²) in [7, 11) is -4.05. The summed E-state index contributed by atoms with van der Waals surface area (Å²) in [5, 5.41) is 0. The van der Waals surface area contributed by atoms with Crippen LogP contribution in [-0.2, 0) is 15.4 Å². The van der Waals surface area contributed by atoms with Gasteiger partial charge in [-0.15, -0.1) is 0 Å². The number of nitrogens with zero attached hydrogens (tertiary/aromatic N) is 1. The smallest absolute Gasteiger partial charge is 0.267 e. The minimum atomic E-state index is -4.05. The molecule has 1 heterocycles. The zero-order chi connectivity index (χ0) is 22.1. The molecular formula is C23H25N3O3S. The van der Waals surface area contributed by atoms with Crippen LogP contribution in [0.15, 0.2) is 65.6 Å². The Morgan fingerprint density at radius 2 is 1.53 bits per heavy atom. The van der Waals surface area contributed by atoms with Gasteiger partial charge in [0.2, 0.25) is 0 Å². The van der Waals surface area contributed by atoms with Gasteiger partial charge in [-0.1, -0.05) is 50.6 Å². The molecule has 0 aliphatic heterocycles. The van der Waals surface area contributed by atoms with Gasteiger partial charge in [0.25, 0.3) is 15.9 Å². The third kappa shape index (κ3) is 4.68. The van der Waals surface area contributed by atoms with E-state index in [-0.39, 0.29) is 15.9 Å². The second-order valence-electron chi connectivity index (χ2n) is 8.21. The van der Waals surface area contributed by atoms with E-state index in [1.807, 2.05) is 52.0 Å². The van der Waals surface area contributed by atoms with Crippen molar-refractivity contribution in [3.05, 3.63) is 77.5 Å². The van der Waals surface area contributed by atoms with Gasteiger partial charge < -0.3 is 5.73 Å². The van der Waals surface area contributed by atoms with E-state index in [1.165, 1.54) is 24.3 Å². The van der Waals surface area contributed by atoms with E-state index in [0.29, 0.717) is 11.4 Å². The van der Waals surface area contributed by atoms with Gasteiger partial charge >= 0.3 is 0 Å². The molecule has 7 heteroatoms. The Morgan fingerprint density at radius 3 is 2.10 bits per heavy atom. The van der Waals surface area contributed by atoms with Crippen LogP contribution >= 0.6 is 0 Å². The normalized spacial score (nSPS) is 11.9. The van der Waals surface area contributed by atoms with Crippen molar-refractivity contribution in [1.29, 1.82) is 0 Å². The number of nitrogens with one attached hydrogen (secondary N) is 1. The summed E-state index contributed by atoms with van der Waals surface area (Å²) in [6.07, 6.45) is 0. The molecule has 0 unspecified atom stereocenters. The molecule has 3 N–H and O–H groups in total. The molecule has 0 saturated heterocycles. The number of amides is 1. The first kappa shape index (κ1) is 21.5. The zero-order valence-electron chi connectivity index (χ0n) is 17.4. The first-order chi connectivity index (χ1) is 14.0. The van der Waals surface area contributed by atoms with E-state index >= 15 is 0 Å². The van der Waals surface area contributed by atoms with E-state index in [2.05, 4.69) is 4.72 Å². The van der Waals surface area contributed by atoms with Crippen LogP contribution in [0.5, 0.6) is 0 Å². The molecule has 0 spiro atoms. The van der Waals surface area contributed by atoms with Crippen LogP contribution in [0.25, 0.3) is 11.3 Å². The fourth-order valence-electron chi connectivity index (χ4n) is 2.87. The Balaban J connectivity index is 2.04. The van der Waals surface area contributed by atoms with E-state index < -0.39 is 15.9 Å². The van der Waals surface area contributed by atoms with Crippen molar-refractivity contribution in [2.24, 2.45) is 0 Å². The number of pyridine rings is 1. The van der Waals surface area contributed by atoms with Gasteiger partial charge in [-0.2, -0.15) is 0 Å². The molecule has 0 aliphatic rings. The number of hydrogen-bond donors (Lipinski definition) is 2. The summed E-state index contributed by atoms with van der Waals surface area (Å²) in [6.45, 7) is 8.05. The number of sulfonamides is 1. The maximum atomic E-state index is 13.0. The molecule has 1 aromatic heterocycles. The molecule has 0 saturated carbocycles. The van der Waals surface area contributed by atoms with Gasteiger partial charge in [-0.05, 0) is 43.3 Å². The Labute approximate surface area is 177 Å². The number of nitrogens with two attached hydrogens (primary N) is 1. The van der Waals surface area contributed by atoms with E-state index in [4.69, 9.17) is 10.7 Å². The highest BCUT2D eigenvalue weighted by Crippen LogP contribution is 2.28. The maximum Gasteiger partial charge on any atom is 0.267 e. The van der Waals surface area contributed by atoms with Crippen LogP contribution in [0.4, 0.5) is 5.69 Å². The van der Waals surface area contributed by atoms with Crippen molar-refractivity contribution >= 4 is 21.6 Å². The fourth-order valence-corrected chi connectivity index (χ4v) is 3.84. The molecule has 30 heavy (non-hydrogen) atoms. The highest BCUT2D eigenvalue weighted by molar-refractivity contribution is 7.90. The predicted molar refractivity (Wildman–Crippen MR) is 119 cm³/mol. The zero-order valence-corrected chi connectivity index (χ0v) is 18.2. The molecule has 0 fully saturated rings. The number of benzene rings is 2. The Morgan fingerprint density at radius 1 is 0.933 bits per heavy atom. The van der Waals surface area contributed by atoms with Gasteiger partial charge in [0, 0.05) is 22.4 Å². The standard InChI is InChI=1S/C23H25N3O3S/c1-15-5-7-16(8-6-15)21-19(13-14-20(25-21)23(2,3)4)22(27)26-30(28,29)18-11-9-17(24)10-12-18/h5-14H,24H2,1-4H3,(H,26,27). The first-order valence-corrected chi connectivity index (χ1v) is 11.0. The summed E-state index contributed by atoms with van der Waals surface area (Å²) >= 11 is 0. The van der Waals surface area contributed by atoms with Crippen LogP contribution in [-0.4, -0.2) is 19.3 Å². The molecule has 0 radical (unpaired) electrons. The van der Waals surface area contributed by atoms with Gasteiger partial charge in [-0.3, -0.25) is 9.78 Å². The fraction of sp³-hybridized carbons (Fsp3) is 0.217. The van der Waals surface area contributed by atoms with Crippen LogP contribution in [0.1, 0.15) is 42.4 Å². The summed E-state index contributed by atoms with van der Waals surface area (Å²) in [5.74, 6) is -0.740. The third-order valence-electron chi connectivity index (χ3n) is 4.65. The molecule has 0 aliphatic carbocycles. The molecule has 156 valence electrons. The third-order valence-corrected chi connectivity index (χ3v) is 6.00. The summed E-state index contributed by atoms with van der Waals surface area (Å²) < 4.78 is 27.4. The number of carbonyl (C=O) groups excluding carboxylic acids is 1. The molecule has 0 bridgehead atoms. The highest BCUT2D eigenvalue weighted by Gasteiger charge is 2.24. The second-order valence-corrected chi connectivity index (χ2v) is 9.89. The lowest BCUT2D eigenvalue weighted by Gasteiger charge is -2.20. The quantitative estimate of drug-likeness (QED) is 0.616. The van der Waals surface area contributed by atoms with Crippen molar-refractivity contribution in [3.8, 4) is 11.3 Å². The summed E-state index contributed by atoms with van der Waals surface area (Å²) in [6, 6.07) is 16.6. The van der Waals surface area contributed by atoms with Crippen molar-refractivity contribution < 1.29 is 13.2 Å². The molecule has 1 amide bonds. The lowest BCUT2D eigenvalue weighted by atomic mass is 9.90. The van der Waals surface area contributed by atoms with E-state index in [0.717, 1.165) is 16.8 Å². The Kier molecular flexibility index (Phi) is 5.67. The molecular weight excluding hydrogens is 398 g/mol. The average Bonchev–Trinajstić information content (AvgIpc) is 2.67. The van der Waals surface area contributed by atoms with E-state index in [1.54, 1.807) is 12.1 Å². The largest absolute Gasteiger partial charge is 0.399 e. The van der Waals surface area contributed by atoms with Gasteiger partial charge in [0.15, 0.2) is 0 Å². The predicted octanol–water partition coefficient (Wildman–Crippen LogP) is 4.06. The van der Waals surface area contributed by atoms with Crippen LogP contribution in [0.2, 0.25) is 0 Å². The van der Waals surface area contributed by atoms with Crippen molar-refractivity contribution in [3.63, 3.8) is 0 Å². The molecule has 6 nitrogen and oxygen atoms in total. The van der Waals surface area contributed by atoms with Crippen LogP contribution < -0.4 is 10.5 Å². The minimum absolute atomic E-state index is 0.0405. The van der Waals surface area contributed by atoms with Crippen molar-refractivity contribution in [1.82, 2.24) is 9.71 Å². The maximum absolute atomic E-state index is 13.0. The average molecular weight is 424 g/mol. The van der Waals surface area contributed by atoms with Gasteiger partial charge in [0.05, 0.1) is 16.2 Å². The van der Waals surface area contributed by atoms with Crippen molar-refractivity contribution in [2.45, 2.75) is 38.0 Å². The number of aryl methyl sites for hydroxylation is 1. The summed E-state index contributed by atoms with van der Waals surface area (Å²) in [4.78, 5) is 17.6. The van der Waals surface area contributed by atoms with Crippen LogP contribution in [0, 0.1) is 6.92 Å². The number of nitrogen functional groups attached to an aromatic ring is 1. The van der Waals surface area contributed by atoms with Gasteiger partial charge in [-0.25, -0.2) is 13.1 Å². The molecule has 0 atom stereocenters. The lowest BCUT2D eigenvalue weighted by molar-refractivity contribution is 0.0981. The molecule has 3 rings (SSSR count). The van der Waals surface area contributed by atoms with Gasteiger partial charge in [0.1, 0.15) is 0 Å². The number of hydrogen-bond acceptors (Lipinski definition) is 5. The summed E-state index contributed by atoms with van der Waals surface area (Å²) in [5.41, 5.74) is 9.05. The highest BCUT2D eigenvalue weighted by atomic mass is 32.2. The van der Waals surface area contributed by atoms with Crippen LogP contribution in [0.3, 0.4) is 0 Å². The Bertz CT molecular complexity index is 1180.